The summed E-state index contributed by atoms with van der Waals surface area (Å²) in [6.45, 7) is 0.938. The van der Waals surface area contributed by atoms with Crippen LogP contribution in [-0.2, 0) is 11.2 Å². The lowest BCUT2D eigenvalue weighted by Gasteiger charge is -2.22. The van der Waals surface area contributed by atoms with Crippen LogP contribution in [-0.4, -0.2) is 57.8 Å². The number of halogens is 1. The summed E-state index contributed by atoms with van der Waals surface area (Å²) in [5.41, 5.74) is 0.751. The van der Waals surface area contributed by atoms with Gasteiger partial charge in [0.1, 0.15) is 5.82 Å². The molecule has 0 saturated carbocycles. The van der Waals surface area contributed by atoms with Crippen molar-refractivity contribution >= 4 is 17.7 Å². The van der Waals surface area contributed by atoms with Crippen LogP contribution in [0.25, 0.3) is 0 Å². The van der Waals surface area contributed by atoms with Gasteiger partial charge in [0.15, 0.2) is 0 Å². The standard InChI is InChI=1S/C20H28FNO3S/c21-17-5-3-4-16(14-17)15-19(24)8-6-18-7-9-20(25)22(18)10-13-26-12-2-1-11-23/h3-6,8,14,18-19,23-24H,1-2,7,9-13,15H2/b8-6+/t18-,19+/m0/s1. The van der Waals surface area contributed by atoms with Crippen LogP contribution in [0.1, 0.15) is 31.2 Å². The van der Waals surface area contributed by atoms with E-state index in [0.29, 0.717) is 19.4 Å². The second kappa shape index (κ2) is 11.4. The molecule has 1 aliphatic rings. The zero-order valence-electron chi connectivity index (χ0n) is 15.0. The Morgan fingerprint density at radius 3 is 2.96 bits per heavy atom. The van der Waals surface area contributed by atoms with E-state index in [-0.39, 0.29) is 24.4 Å². The molecule has 0 radical (unpaired) electrons. The van der Waals surface area contributed by atoms with Crippen LogP contribution in [0, 0.1) is 5.82 Å². The van der Waals surface area contributed by atoms with E-state index in [4.69, 9.17) is 5.11 Å². The first-order valence-electron chi connectivity index (χ1n) is 9.19. The fourth-order valence-electron chi connectivity index (χ4n) is 3.06. The van der Waals surface area contributed by atoms with Gasteiger partial charge in [-0.25, -0.2) is 4.39 Å². The monoisotopic (exact) mass is 381 g/mol. The third-order valence-electron chi connectivity index (χ3n) is 4.44. The zero-order chi connectivity index (χ0) is 18.8. The number of hydrogen-bond donors (Lipinski definition) is 2. The van der Waals surface area contributed by atoms with Crippen LogP contribution in [0.2, 0.25) is 0 Å². The van der Waals surface area contributed by atoms with E-state index in [1.807, 2.05) is 11.0 Å². The number of aliphatic hydroxyl groups is 2. The van der Waals surface area contributed by atoms with Gasteiger partial charge in [-0.3, -0.25) is 4.79 Å². The maximum atomic E-state index is 13.2. The van der Waals surface area contributed by atoms with E-state index in [1.165, 1.54) is 12.1 Å². The lowest BCUT2D eigenvalue weighted by Crippen LogP contribution is -2.34. The molecule has 2 N–H and O–H groups in total. The molecule has 1 saturated heterocycles. The predicted molar refractivity (Wildman–Crippen MR) is 104 cm³/mol. The fraction of sp³-hybridized carbons (Fsp3) is 0.550. The highest BCUT2D eigenvalue weighted by Gasteiger charge is 2.28. The fourth-order valence-corrected chi connectivity index (χ4v) is 4.00. The molecule has 1 heterocycles. The van der Waals surface area contributed by atoms with Crippen LogP contribution in [0.3, 0.4) is 0 Å². The van der Waals surface area contributed by atoms with Crippen molar-refractivity contribution in [2.45, 2.75) is 44.2 Å². The Balaban J connectivity index is 1.78. The number of amides is 1. The van der Waals surface area contributed by atoms with Gasteiger partial charge in [0, 0.05) is 31.7 Å². The Morgan fingerprint density at radius 2 is 2.19 bits per heavy atom. The van der Waals surface area contributed by atoms with Crippen molar-refractivity contribution in [1.29, 1.82) is 0 Å². The Morgan fingerprint density at radius 1 is 1.35 bits per heavy atom. The van der Waals surface area contributed by atoms with Gasteiger partial charge in [-0.05, 0) is 42.7 Å². The highest BCUT2D eigenvalue weighted by molar-refractivity contribution is 7.99. The van der Waals surface area contributed by atoms with Crippen molar-refractivity contribution in [3.63, 3.8) is 0 Å². The highest BCUT2D eigenvalue weighted by atomic mass is 32.2. The molecule has 144 valence electrons. The SMILES string of the molecule is O=C1CC[C@H](/C=C/[C@@H](O)Cc2cccc(F)c2)N1CCSCCCCO. The van der Waals surface area contributed by atoms with E-state index >= 15 is 0 Å². The quantitative estimate of drug-likeness (QED) is 0.457. The molecule has 0 bridgehead atoms. The van der Waals surface area contributed by atoms with E-state index in [2.05, 4.69) is 0 Å². The average Bonchev–Trinajstić information content (AvgIpc) is 2.96. The molecule has 1 aliphatic heterocycles. The van der Waals surface area contributed by atoms with Gasteiger partial charge >= 0.3 is 0 Å². The molecule has 0 spiro atoms. The summed E-state index contributed by atoms with van der Waals surface area (Å²) in [6.07, 6.45) is 6.43. The van der Waals surface area contributed by atoms with Gasteiger partial charge in [0.25, 0.3) is 0 Å². The van der Waals surface area contributed by atoms with E-state index < -0.39 is 6.10 Å². The maximum absolute atomic E-state index is 13.2. The summed E-state index contributed by atoms with van der Waals surface area (Å²) in [5.74, 6) is 1.74. The van der Waals surface area contributed by atoms with Crippen LogP contribution >= 0.6 is 11.8 Å². The second-order valence-electron chi connectivity index (χ2n) is 6.52. The molecular weight excluding hydrogens is 353 g/mol. The van der Waals surface area contributed by atoms with Crippen LogP contribution in [0.5, 0.6) is 0 Å². The number of rotatable bonds is 11. The smallest absolute Gasteiger partial charge is 0.223 e. The van der Waals surface area contributed by atoms with Crippen molar-refractivity contribution in [2.24, 2.45) is 0 Å². The number of benzene rings is 1. The molecule has 0 aliphatic carbocycles. The number of thioether (sulfide) groups is 1. The molecule has 0 aromatic heterocycles. The number of hydrogen-bond acceptors (Lipinski definition) is 4. The number of aliphatic hydroxyl groups excluding tert-OH is 2. The van der Waals surface area contributed by atoms with E-state index in [0.717, 1.165) is 36.3 Å². The molecule has 2 atom stereocenters. The van der Waals surface area contributed by atoms with Crippen molar-refractivity contribution in [1.82, 2.24) is 4.90 Å². The minimum atomic E-state index is -0.692. The summed E-state index contributed by atoms with van der Waals surface area (Å²) in [5, 5.41) is 18.9. The van der Waals surface area contributed by atoms with Gasteiger partial charge < -0.3 is 15.1 Å². The van der Waals surface area contributed by atoms with Crippen molar-refractivity contribution < 1.29 is 19.4 Å². The largest absolute Gasteiger partial charge is 0.396 e. The van der Waals surface area contributed by atoms with E-state index in [1.54, 1.807) is 30.0 Å². The summed E-state index contributed by atoms with van der Waals surface area (Å²) in [6, 6.07) is 6.27. The van der Waals surface area contributed by atoms with Gasteiger partial charge in [-0.2, -0.15) is 11.8 Å². The molecule has 4 nitrogen and oxygen atoms in total. The summed E-state index contributed by atoms with van der Waals surface area (Å²) in [7, 11) is 0. The number of nitrogens with zero attached hydrogens (tertiary/aromatic N) is 1. The maximum Gasteiger partial charge on any atom is 0.223 e. The molecule has 1 amide bonds. The van der Waals surface area contributed by atoms with Gasteiger partial charge in [-0.1, -0.05) is 24.3 Å². The Bertz CT molecular complexity index is 596. The summed E-state index contributed by atoms with van der Waals surface area (Å²) < 4.78 is 13.2. The van der Waals surface area contributed by atoms with Gasteiger partial charge in [0.05, 0.1) is 12.1 Å². The molecule has 26 heavy (non-hydrogen) atoms. The molecule has 1 aromatic rings. The molecular formula is C20H28FNO3S. The summed E-state index contributed by atoms with van der Waals surface area (Å²) >= 11 is 1.80. The minimum Gasteiger partial charge on any atom is -0.396 e. The second-order valence-corrected chi connectivity index (χ2v) is 7.75. The Hall–Kier alpha value is -1.37. The molecule has 0 unspecified atom stereocenters. The number of carbonyl (C=O) groups is 1. The molecule has 6 heteroatoms. The Kier molecular flexibility index (Phi) is 9.15. The van der Waals surface area contributed by atoms with Gasteiger partial charge in [0.2, 0.25) is 5.91 Å². The first kappa shape index (κ1) is 20.9. The first-order valence-corrected chi connectivity index (χ1v) is 10.3. The zero-order valence-corrected chi connectivity index (χ0v) is 15.8. The van der Waals surface area contributed by atoms with Crippen molar-refractivity contribution in [3.8, 4) is 0 Å². The molecule has 2 rings (SSSR count). The minimum absolute atomic E-state index is 0.0303. The normalized spacial score (nSPS) is 18.8. The third-order valence-corrected chi connectivity index (χ3v) is 5.49. The number of unbranched alkanes of at least 4 members (excludes halogenated alkanes) is 1. The third kappa shape index (κ3) is 7.09. The number of carbonyl (C=O) groups excluding carboxylic acids is 1. The topological polar surface area (TPSA) is 60.8 Å². The number of likely N-dealkylation sites (tertiary alicyclic amines) is 1. The first-order chi connectivity index (χ1) is 12.6. The molecule has 1 aromatic carbocycles. The lowest BCUT2D eigenvalue weighted by molar-refractivity contribution is -0.128. The predicted octanol–water partition coefficient (Wildman–Crippen LogP) is 2.78. The average molecular weight is 382 g/mol. The van der Waals surface area contributed by atoms with Crippen molar-refractivity contribution in [3.05, 3.63) is 47.8 Å². The van der Waals surface area contributed by atoms with Crippen LogP contribution in [0.15, 0.2) is 36.4 Å². The Labute approximate surface area is 159 Å². The molecule has 1 fully saturated rings. The van der Waals surface area contributed by atoms with Crippen LogP contribution < -0.4 is 0 Å². The highest BCUT2D eigenvalue weighted by Crippen LogP contribution is 2.21. The summed E-state index contributed by atoms with van der Waals surface area (Å²) in [4.78, 5) is 13.9. The van der Waals surface area contributed by atoms with E-state index in [9.17, 15) is 14.3 Å². The van der Waals surface area contributed by atoms with Crippen molar-refractivity contribution in [2.75, 3.05) is 24.7 Å². The van der Waals surface area contributed by atoms with Crippen LogP contribution in [0.4, 0.5) is 4.39 Å². The lowest BCUT2D eigenvalue weighted by atomic mass is 10.1. The van der Waals surface area contributed by atoms with Gasteiger partial charge in [-0.15, -0.1) is 0 Å².